The average molecular weight is 141 g/mol. The van der Waals surface area contributed by atoms with Crippen LogP contribution in [0.4, 0.5) is 0 Å². The van der Waals surface area contributed by atoms with Gasteiger partial charge in [-0.2, -0.15) is 5.26 Å². The smallest absolute Gasteiger partial charge is 0.200 e. The second-order valence-electron chi connectivity index (χ2n) is 3.32. The lowest BCUT2D eigenvalue weighted by molar-refractivity contribution is -0.862. The molecule has 3 nitrogen and oxygen atoms in total. The molecule has 0 fully saturated rings. The number of Topliss-reactive ketones (excluding diaryl/α,β-unsaturated/α-hetero) is 1. The van der Waals surface area contributed by atoms with E-state index >= 15 is 0 Å². The molecule has 0 N–H and O–H groups in total. The quantitative estimate of drug-likeness (QED) is 0.526. The van der Waals surface area contributed by atoms with Gasteiger partial charge in [0.05, 0.1) is 33.6 Å². The number of carbonyl (C=O) groups is 1. The van der Waals surface area contributed by atoms with Gasteiger partial charge in [-0.15, -0.1) is 0 Å². The van der Waals surface area contributed by atoms with E-state index in [1.807, 2.05) is 27.2 Å². The number of quaternary nitrogens is 1. The standard InChI is InChI=1S/C7H13N2O/c1-9(2,3)6-7(10)4-5-8/h4,6H2,1-3H3/q+1. The minimum atomic E-state index is 0.00926. The molecule has 0 aromatic carbocycles. The average Bonchev–Trinajstić information content (AvgIpc) is 1.59. The maximum Gasteiger partial charge on any atom is 0.200 e. The molecule has 0 amide bonds. The zero-order chi connectivity index (χ0) is 8.20. The van der Waals surface area contributed by atoms with Crippen LogP contribution in [-0.2, 0) is 4.79 Å². The van der Waals surface area contributed by atoms with Gasteiger partial charge in [0.2, 0.25) is 5.78 Å². The highest BCUT2D eigenvalue weighted by Gasteiger charge is 2.12. The van der Waals surface area contributed by atoms with Crippen molar-refractivity contribution in [1.82, 2.24) is 0 Å². The molecule has 0 heterocycles. The van der Waals surface area contributed by atoms with Crippen molar-refractivity contribution >= 4 is 5.78 Å². The zero-order valence-corrected chi connectivity index (χ0v) is 6.72. The Labute approximate surface area is 61.5 Å². The Bertz CT molecular complexity index is 161. The fraction of sp³-hybridized carbons (Fsp3) is 0.714. The summed E-state index contributed by atoms with van der Waals surface area (Å²) in [6, 6.07) is 1.83. The van der Waals surface area contributed by atoms with Crippen LogP contribution in [0.15, 0.2) is 0 Å². The Hall–Kier alpha value is -0.880. The minimum Gasteiger partial charge on any atom is -0.325 e. The van der Waals surface area contributed by atoms with Crippen LogP contribution in [0, 0.1) is 11.3 Å². The van der Waals surface area contributed by atoms with Gasteiger partial charge in [-0.1, -0.05) is 0 Å². The fourth-order valence-corrected chi connectivity index (χ4v) is 0.673. The van der Waals surface area contributed by atoms with Crippen molar-refractivity contribution in [3.05, 3.63) is 0 Å². The van der Waals surface area contributed by atoms with Crippen LogP contribution < -0.4 is 0 Å². The van der Waals surface area contributed by atoms with Gasteiger partial charge in [0.25, 0.3) is 0 Å². The lowest BCUT2D eigenvalue weighted by Gasteiger charge is -2.21. The van der Waals surface area contributed by atoms with Crippen molar-refractivity contribution in [2.45, 2.75) is 6.42 Å². The van der Waals surface area contributed by atoms with Gasteiger partial charge >= 0.3 is 0 Å². The summed E-state index contributed by atoms with van der Waals surface area (Å²) in [5.74, 6) is 0.00926. The first-order valence-electron chi connectivity index (χ1n) is 3.15. The molecular formula is C7H13N2O+. The second kappa shape index (κ2) is 3.33. The summed E-state index contributed by atoms with van der Waals surface area (Å²) in [5.41, 5.74) is 0. The van der Waals surface area contributed by atoms with Gasteiger partial charge in [-0.05, 0) is 0 Å². The zero-order valence-electron chi connectivity index (χ0n) is 6.72. The van der Waals surface area contributed by atoms with Crippen LogP contribution in [-0.4, -0.2) is 38.0 Å². The van der Waals surface area contributed by atoms with Gasteiger partial charge < -0.3 is 4.48 Å². The van der Waals surface area contributed by atoms with E-state index in [9.17, 15) is 4.79 Å². The number of nitriles is 1. The number of likely N-dealkylation sites (N-methyl/N-ethyl adjacent to an activating group) is 1. The molecule has 0 spiro atoms. The normalized spacial score (nSPS) is 10.6. The van der Waals surface area contributed by atoms with Gasteiger partial charge in [0.15, 0.2) is 0 Å². The summed E-state index contributed by atoms with van der Waals surface area (Å²) < 4.78 is 0.598. The first-order valence-corrected chi connectivity index (χ1v) is 3.15. The molecule has 0 unspecified atom stereocenters. The Morgan fingerprint density at radius 1 is 1.50 bits per heavy atom. The number of nitrogens with zero attached hydrogens (tertiary/aromatic N) is 2. The van der Waals surface area contributed by atoms with E-state index in [-0.39, 0.29) is 12.2 Å². The Kier molecular flexibility index (Phi) is 3.04. The van der Waals surface area contributed by atoms with Gasteiger partial charge in [0.1, 0.15) is 6.54 Å². The summed E-state index contributed by atoms with van der Waals surface area (Å²) in [4.78, 5) is 10.8. The molecule has 0 aromatic heterocycles. The number of hydrogen-bond donors (Lipinski definition) is 0. The maximum absolute atomic E-state index is 10.8. The lowest BCUT2D eigenvalue weighted by Crippen LogP contribution is -2.39. The topological polar surface area (TPSA) is 40.9 Å². The predicted molar refractivity (Wildman–Crippen MR) is 38.1 cm³/mol. The SMILES string of the molecule is C[N+](C)(C)CC(=O)CC#N. The van der Waals surface area contributed by atoms with Crippen LogP contribution in [0.1, 0.15) is 6.42 Å². The van der Waals surface area contributed by atoms with E-state index in [0.717, 1.165) is 0 Å². The molecule has 0 rings (SSSR count). The number of hydrogen-bond acceptors (Lipinski definition) is 2. The summed E-state index contributed by atoms with van der Waals surface area (Å²) in [6.07, 6.45) is 0.0372. The maximum atomic E-state index is 10.8. The van der Waals surface area contributed by atoms with Crippen molar-refractivity contribution in [1.29, 1.82) is 5.26 Å². The molecule has 0 saturated heterocycles. The first-order chi connectivity index (χ1) is 4.45. The lowest BCUT2D eigenvalue weighted by atomic mass is 10.3. The summed E-state index contributed by atoms with van der Waals surface area (Å²) in [7, 11) is 5.78. The highest BCUT2D eigenvalue weighted by atomic mass is 16.1. The highest BCUT2D eigenvalue weighted by Crippen LogP contribution is 1.91. The number of rotatable bonds is 3. The molecule has 10 heavy (non-hydrogen) atoms. The fourth-order valence-electron chi connectivity index (χ4n) is 0.673. The minimum absolute atomic E-state index is 0.00926. The molecule has 0 aliphatic carbocycles. The third-order valence-corrected chi connectivity index (χ3v) is 0.927. The summed E-state index contributed by atoms with van der Waals surface area (Å²) in [6.45, 7) is 0.438. The van der Waals surface area contributed by atoms with Crippen LogP contribution in [0.2, 0.25) is 0 Å². The molecule has 56 valence electrons. The molecular weight excluding hydrogens is 128 g/mol. The molecule has 0 atom stereocenters. The largest absolute Gasteiger partial charge is 0.325 e. The first kappa shape index (κ1) is 9.12. The van der Waals surface area contributed by atoms with Crippen molar-refractivity contribution in [3.8, 4) is 6.07 Å². The van der Waals surface area contributed by atoms with Crippen molar-refractivity contribution in [3.63, 3.8) is 0 Å². The van der Waals surface area contributed by atoms with E-state index in [0.29, 0.717) is 11.0 Å². The monoisotopic (exact) mass is 141 g/mol. The van der Waals surface area contributed by atoms with Crippen molar-refractivity contribution in [2.24, 2.45) is 0 Å². The highest BCUT2D eigenvalue weighted by molar-refractivity contribution is 5.81. The molecule has 0 bridgehead atoms. The van der Waals surface area contributed by atoms with Crippen LogP contribution in [0.25, 0.3) is 0 Å². The van der Waals surface area contributed by atoms with Crippen LogP contribution >= 0.6 is 0 Å². The second-order valence-corrected chi connectivity index (χ2v) is 3.32. The van der Waals surface area contributed by atoms with Gasteiger partial charge in [-0.25, -0.2) is 0 Å². The molecule has 0 aromatic rings. The third-order valence-electron chi connectivity index (χ3n) is 0.927. The molecule has 3 heteroatoms. The predicted octanol–water partition coefficient (Wildman–Crippen LogP) is 0.175. The number of ketones is 1. The van der Waals surface area contributed by atoms with E-state index in [1.165, 1.54) is 0 Å². The van der Waals surface area contributed by atoms with E-state index in [2.05, 4.69) is 0 Å². The van der Waals surface area contributed by atoms with Crippen LogP contribution in [0.3, 0.4) is 0 Å². The Balaban J connectivity index is 3.72. The van der Waals surface area contributed by atoms with E-state index in [4.69, 9.17) is 5.26 Å². The Morgan fingerprint density at radius 3 is 2.30 bits per heavy atom. The Morgan fingerprint density at radius 2 is 2.00 bits per heavy atom. The summed E-state index contributed by atoms with van der Waals surface area (Å²) in [5, 5.41) is 8.16. The molecule has 0 saturated carbocycles. The van der Waals surface area contributed by atoms with E-state index < -0.39 is 0 Å². The molecule has 0 aliphatic heterocycles. The molecule has 0 radical (unpaired) electrons. The van der Waals surface area contributed by atoms with Crippen LogP contribution in [0.5, 0.6) is 0 Å². The summed E-state index contributed by atoms with van der Waals surface area (Å²) >= 11 is 0. The van der Waals surface area contributed by atoms with Crippen molar-refractivity contribution in [2.75, 3.05) is 27.7 Å². The van der Waals surface area contributed by atoms with E-state index in [1.54, 1.807) is 0 Å². The van der Waals surface area contributed by atoms with Crippen molar-refractivity contribution < 1.29 is 9.28 Å². The van der Waals surface area contributed by atoms with Gasteiger partial charge in [0, 0.05) is 0 Å². The van der Waals surface area contributed by atoms with Gasteiger partial charge in [-0.3, -0.25) is 4.79 Å². The third kappa shape index (κ3) is 5.26. The molecule has 0 aliphatic rings. The number of carbonyl (C=O) groups excluding carboxylic acids is 1.